The Hall–Kier alpha value is -1.96. The molecule has 1 aromatic heterocycles. The van der Waals surface area contributed by atoms with Gasteiger partial charge in [-0.25, -0.2) is 4.68 Å². The van der Waals surface area contributed by atoms with Crippen LogP contribution in [0.15, 0.2) is 24.4 Å². The summed E-state index contributed by atoms with van der Waals surface area (Å²) in [6.45, 7) is 6.61. The van der Waals surface area contributed by atoms with Gasteiger partial charge in [-0.1, -0.05) is 23.2 Å². The summed E-state index contributed by atoms with van der Waals surface area (Å²) in [7, 11) is 1.62. The lowest BCUT2D eigenvalue weighted by Gasteiger charge is -2.40. The Labute approximate surface area is 187 Å². The zero-order valence-electron chi connectivity index (χ0n) is 17.4. The van der Waals surface area contributed by atoms with Crippen molar-refractivity contribution in [3.63, 3.8) is 0 Å². The molecule has 9 heteroatoms. The molecule has 162 valence electrons. The molecule has 30 heavy (non-hydrogen) atoms. The number of piperazine rings is 1. The summed E-state index contributed by atoms with van der Waals surface area (Å²) in [5.74, 6) is 0.775. The molecule has 0 aliphatic carbocycles. The van der Waals surface area contributed by atoms with Gasteiger partial charge in [-0.15, -0.1) is 0 Å². The summed E-state index contributed by atoms with van der Waals surface area (Å²) in [6, 6.07) is 5.82. The zero-order chi connectivity index (χ0) is 21.3. The second kappa shape index (κ2) is 9.04. The lowest BCUT2D eigenvalue weighted by atomic mass is 10.2. The number of nitrogens with zero attached hydrogens (tertiary/aromatic N) is 5. The van der Waals surface area contributed by atoms with Crippen molar-refractivity contribution in [3.05, 3.63) is 40.1 Å². The summed E-state index contributed by atoms with van der Waals surface area (Å²) in [5.41, 5.74) is 1.88. The highest BCUT2D eigenvalue weighted by atomic mass is 35.5. The molecule has 1 aromatic carbocycles. The van der Waals surface area contributed by atoms with Crippen LogP contribution in [0.1, 0.15) is 24.7 Å². The number of anilines is 1. The highest BCUT2D eigenvalue weighted by Gasteiger charge is 2.36. The number of carbonyl (C=O) groups excluding carboxylic acids is 1. The van der Waals surface area contributed by atoms with Crippen molar-refractivity contribution in [2.45, 2.75) is 25.9 Å². The number of amides is 1. The van der Waals surface area contributed by atoms with E-state index in [1.165, 1.54) is 0 Å². The summed E-state index contributed by atoms with van der Waals surface area (Å²) in [6.07, 6.45) is 3.28. The van der Waals surface area contributed by atoms with Crippen molar-refractivity contribution in [2.75, 3.05) is 51.3 Å². The Bertz CT molecular complexity index is 905. The quantitative estimate of drug-likeness (QED) is 0.696. The number of carbonyl (C=O) groups is 1. The molecule has 2 fully saturated rings. The highest BCUT2D eigenvalue weighted by molar-refractivity contribution is 6.32. The summed E-state index contributed by atoms with van der Waals surface area (Å²) in [5, 5.41) is 5.63. The van der Waals surface area contributed by atoms with Gasteiger partial charge in [-0.2, -0.15) is 5.10 Å². The number of likely N-dealkylation sites (tertiary alicyclic amines) is 1. The second-order valence-electron chi connectivity index (χ2n) is 7.77. The lowest BCUT2D eigenvalue weighted by molar-refractivity contribution is -0.140. The number of benzene rings is 1. The van der Waals surface area contributed by atoms with E-state index < -0.39 is 6.17 Å². The van der Waals surface area contributed by atoms with Gasteiger partial charge in [-0.05, 0) is 31.9 Å². The van der Waals surface area contributed by atoms with Crippen molar-refractivity contribution in [3.8, 4) is 5.75 Å². The Morgan fingerprint density at radius 3 is 2.37 bits per heavy atom. The van der Waals surface area contributed by atoms with Crippen LogP contribution in [-0.2, 0) is 4.79 Å². The Morgan fingerprint density at radius 1 is 1.07 bits per heavy atom. The van der Waals surface area contributed by atoms with Crippen LogP contribution in [0.2, 0.25) is 10.0 Å². The number of hydrogen-bond acceptors (Lipinski definition) is 5. The van der Waals surface area contributed by atoms with Crippen LogP contribution in [0.5, 0.6) is 5.75 Å². The van der Waals surface area contributed by atoms with Gasteiger partial charge in [0.1, 0.15) is 5.75 Å². The minimum Gasteiger partial charge on any atom is -0.495 e. The summed E-state index contributed by atoms with van der Waals surface area (Å²) in [4.78, 5) is 19.9. The van der Waals surface area contributed by atoms with Gasteiger partial charge in [0.2, 0.25) is 0 Å². The van der Waals surface area contributed by atoms with Crippen LogP contribution in [0.3, 0.4) is 0 Å². The smallest absolute Gasteiger partial charge is 0.262 e. The standard InChI is InChI=1S/C21H27Cl2N5O2/c1-15-18(23)14-24-28(15)20(21(29)27-7-3-4-8-27)26-11-9-25(10-12-26)16-5-6-17(22)19(13-16)30-2/h5-6,13-14,20H,3-4,7-12H2,1-2H3. The summed E-state index contributed by atoms with van der Waals surface area (Å²) < 4.78 is 7.14. The third-order valence-electron chi connectivity index (χ3n) is 6.02. The largest absolute Gasteiger partial charge is 0.495 e. The molecule has 0 spiro atoms. The zero-order valence-corrected chi connectivity index (χ0v) is 18.9. The third kappa shape index (κ3) is 4.11. The van der Waals surface area contributed by atoms with Crippen LogP contribution >= 0.6 is 23.2 Å². The number of rotatable bonds is 5. The molecular formula is C21H27Cl2N5O2. The van der Waals surface area contributed by atoms with Crippen LogP contribution < -0.4 is 9.64 Å². The van der Waals surface area contributed by atoms with E-state index in [1.54, 1.807) is 18.0 Å². The van der Waals surface area contributed by atoms with Gasteiger partial charge < -0.3 is 14.5 Å². The molecule has 2 aromatic rings. The molecule has 2 aliphatic rings. The molecule has 4 rings (SSSR count). The Kier molecular flexibility index (Phi) is 6.41. The minimum atomic E-state index is -0.461. The van der Waals surface area contributed by atoms with E-state index in [2.05, 4.69) is 14.9 Å². The number of methoxy groups -OCH3 is 1. The normalized spacial score (nSPS) is 18.7. The third-order valence-corrected chi connectivity index (χ3v) is 6.70. The first-order valence-electron chi connectivity index (χ1n) is 10.3. The van der Waals surface area contributed by atoms with Gasteiger partial charge in [-0.3, -0.25) is 9.69 Å². The molecule has 1 amide bonds. The highest BCUT2D eigenvalue weighted by Crippen LogP contribution is 2.31. The predicted molar refractivity (Wildman–Crippen MR) is 119 cm³/mol. The van der Waals surface area contributed by atoms with E-state index in [-0.39, 0.29) is 5.91 Å². The molecule has 0 radical (unpaired) electrons. The lowest BCUT2D eigenvalue weighted by Crippen LogP contribution is -2.53. The topological polar surface area (TPSA) is 53.8 Å². The van der Waals surface area contributed by atoms with Crippen LogP contribution in [0.25, 0.3) is 0 Å². The van der Waals surface area contributed by atoms with Crippen LogP contribution in [0, 0.1) is 6.92 Å². The maximum absolute atomic E-state index is 13.4. The Morgan fingerprint density at radius 2 is 1.77 bits per heavy atom. The second-order valence-corrected chi connectivity index (χ2v) is 8.58. The van der Waals surface area contributed by atoms with Gasteiger partial charge >= 0.3 is 0 Å². The fourth-order valence-electron chi connectivity index (χ4n) is 4.24. The average Bonchev–Trinajstić information content (AvgIpc) is 3.41. The average molecular weight is 452 g/mol. The van der Waals surface area contributed by atoms with Crippen molar-refractivity contribution in [1.29, 1.82) is 0 Å². The van der Waals surface area contributed by atoms with E-state index in [0.29, 0.717) is 15.8 Å². The molecular weight excluding hydrogens is 425 g/mol. The molecule has 2 aliphatic heterocycles. The summed E-state index contributed by atoms with van der Waals surface area (Å²) >= 11 is 12.4. The van der Waals surface area contributed by atoms with E-state index in [9.17, 15) is 4.79 Å². The fraction of sp³-hybridized carbons (Fsp3) is 0.524. The van der Waals surface area contributed by atoms with E-state index in [4.69, 9.17) is 27.9 Å². The number of hydrogen-bond donors (Lipinski definition) is 0. The molecule has 0 N–H and O–H groups in total. The number of ether oxygens (including phenoxy) is 1. The Balaban J connectivity index is 1.53. The van der Waals surface area contributed by atoms with Gasteiger partial charge in [0, 0.05) is 51.0 Å². The number of halogens is 2. The molecule has 0 saturated carbocycles. The molecule has 0 bridgehead atoms. The van der Waals surface area contributed by atoms with Crippen LogP contribution in [0.4, 0.5) is 5.69 Å². The van der Waals surface area contributed by atoms with Crippen LogP contribution in [-0.4, -0.2) is 71.9 Å². The van der Waals surface area contributed by atoms with E-state index in [1.807, 2.05) is 30.0 Å². The van der Waals surface area contributed by atoms with Gasteiger partial charge in [0.05, 0.1) is 29.0 Å². The van der Waals surface area contributed by atoms with E-state index >= 15 is 0 Å². The predicted octanol–water partition coefficient (Wildman–Crippen LogP) is 3.45. The van der Waals surface area contributed by atoms with Crippen molar-refractivity contribution in [2.24, 2.45) is 0 Å². The van der Waals surface area contributed by atoms with Gasteiger partial charge in [0.15, 0.2) is 6.17 Å². The SMILES string of the molecule is COc1cc(N2CCN(C(C(=O)N3CCCC3)n3ncc(Cl)c3C)CC2)ccc1Cl. The van der Waals surface area contributed by atoms with Gasteiger partial charge in [0.25, 0.3) is 5.91 Å². The maximum atomic E-state index is 13.4. The maximum Gasteiger partial charge on any atom is 0.262 e. The first-order chi connectivity index (χ1) is 14.5. The first kappa shape index (κ1) is 21.3. The monoisotopic (exact) mass is 451 g/mol. The molecule has 1 atom stereocenters. The van der Waals surface area contributed by atoms with Crippen molar-refractivity contribution < 1.29 is 9.53 Å². The van der Waals surface area contributed by atoms with Crippen molar-refractivity contribution >= 4 is 34.8 Å². The molecule has 7 nitrogen and oxygen atoms in total. The number of aromatic nitrogens is 2. The minimum absolute atomic E-state index is 0.108. The van der Waals surface area contributed by atoms with E-state index in [0.717, 1.165) is 63.5 Å². The molecule has 1 unspecified atom stereocenters. The molecule has 3 heterocycles. The van der Waals surface area contributed by atoms with Crippen molar-refractivity contribution in [1.82, 2.24) is 19.6 Å². The molecule has 2 saturated heterocycles. The first-order valence-corrected chi connectivity index (χ1v) is 11.1. The fourth-order valence-corrected chi connectivity index (χ4v) is 4.56.